The predicted octanol–water partition coefficient (Wildman–Crippen LogP) is 4.28. The molecule has 0 saturated heterocycles. The molecule has 1 unspecified atom stereocenters. The molecule has 0 aromatic heterocycles. The minimum absolute atomic E-state index is 0.0219. The first kappa shape index (κ1) is 11.5. The average molecular weight is 263 g/mol. The molecule has 0 amide bonds. The van der Waals surface area contributed by atoms with Crippen LogP contribution in [0.3, 0.4) is 0 Å². The second kappa shape index (κ2) is 4.49. The van der Waals surface area contributed by atoms with Crippen LogP contribution in [-0.2, 0) is 0 Å². The summed E-state index contributed by atoms with van der Waals surface area (Å²) < 4.78 is -1.59. The molecule has 0 spiro atoms. The molecule has 0 aromatic carbocycles. The summed E-state index contributed by atoms with van der Waals surface area (Å²) in [6, 6.07) is 0. The lowest BCUT2D eigenvalue weighted by Gasteiger charge is -2.13. The topological polar surface area (TPSA) is 0 Å². The monoisotopic (exact) mass is 260 g/mol. The van der Waals surface area contributed by atoms with Crippen molar-refractivity contribution in [3.05, 3.63) is 10.6 Å². The Kier molecular flexibility index (Phi) is 5.16. The number of halogens is 6. The summed E-state index contributed by atoms with van der Waals surface area (Å²) in [4.78, 5) is 0. The van der Waals surface area contributed by atoms with Gasteiger partial charge in [-0.15, -0.1) is 11.6 Å². The van der Waals surface area contributed by atoms with Crippen molar-refractivity contribution in [1.29, 1.82) is 0 Å². The van der Waals surface area contributed by atoms with E-state index in [1.165, 1.54) is 6.08 Å². The molecule has 0 radical (unpaired) electrons. The summed E-state index contributed by atoms with van der Waals surface area (Å²) >= 11 is 32.1. The minimum atomic E-state index is -1.57. The number of alkyl halides is 4. The second-order valence-electron chi connectivity index (χ2n) is 1.40. The fourth-order valence-electron chi connectivity index (χ4n) is 0.205. The molecule has 6 heteroatoms. The van der Waals surface area contributed by atoms with Crippen LogP contribution in [0.2, 0.25) is 0 Å². The van der Waals surface area contributed by atoms with E-state index in [9.17, 15) is 0 Å². The summed E-state index contributed by atoms with van der Waals surface area (Å²) in [6.07, 6.45) is 1.23. The van der Waals surface area contributed by atoms with E-state index in [0.717, 1.165) is 0 Å². The lowest BCUT2D eigenvalue weighted by Crippen LogP contribution is -2.16. The summed E-state index contributed by atoms with van der Waals surface area (Å²) in [5, 5.41) is -0.817. The van der Waals surface area contributed by atoms with Crippen LogP contribution in [0, 0.1) is 0 Å². The van der Waals surface area contributed by atoms with Crippen LogP contribution in [0.5, 0.6) is 0 Å². The van der Waals surface area contributed by atoms with Gasteiger partial charge in [0.1, 0.15) is 9.87 Å². The highest BCUT2D eigenvalue weighted by Crippen LogP contribution is 2.35. The molecular formula is C4H2Cl6. The van der Waals surface area contributed by atoms with E-state index in [1.807, 2.05) is 0 Å². The van der Waals surface area contributed by atoms with Crippen molar-refractivity contribution in [2.24, 2.45) is 0 Å². The van der Waals surface area contributed by atoms with Gasteiger partial charge in [0.2, 0.25) is 3.79 Å². The van der Waals surface area contributed by atoms with Crippen LogP contribution >= 0.6 is 69.6 Å². The van der Waals surface area contributed by atoms with E-state index in [2.05, 4.69) is 0 Å². The van der Waals surface area contributed by atoms with Crippen LogP contribution in [-0.4, -0.2) is 9.17 Å². The zero-order chi connectivity index (χ0) is 8.36. The van der Waals surface area contributed by atoms with Crippen LogP contribution < -0.4 is 0 Å². The third-order valence-electron chi connectivity index (χ3n) is 0.585. The van der Waals surface area contributed by atoms with Crippen molar-refractivity contribution in [1.82, 2.24) is 0 Å². The Hall–Kier alpha value is 1.48. The second-order valence-corrected chi connectivity index (χ2v) is 5.25. The minimum Gasteiger partial charge on any atom is -0.114 e. The standard InChI is InChI=1S/C4H2Cl6/c5-2(1-3(6)7)4(8,9)10/h1-2H. The summed E-state index contributed by atoms with van der Waals surface area (Å²) in [5.74, 6) is 0. The molecule has 0 aliphatic heterocycles. The van der Waals surface area contributed by atoms with Crippen LogP contribution in [0.1, 0.15) is 0 Å². The van der Waals surface area contributed by atoms with E-state index in [0.29, 0.717) is 0 Å². The Balaban J connectivity index is 4.11. The molecule has 0 saturated carbocycles. The van der Waals surface area contributed by atoms with Gasteiger partial charge in [0.05, 0.1) is 0 Å². The number of hydrogen-bond donors (Lipinski definition) is 0. The molecule has 0 nitrogen and oxygen atoms in total. The fraction of sp³-hybridized carbons (Fsp3) is 0.500. The number of hydrogen-bond acceptors (Lipinski definition) is 0. The summed E-state index contributed by atoms with van der Waals surface area (Å²) in [5.41, 5.74) is 0. The van der Waals surface area contributed by atoms with E-state index in [4.69, 9.17) is 69.6 Å². The van der Waals surface area contributed by atoms with E-state index in [-0.39, 0.29) is 4.49 Å². The lowest BCUT2D eigenvalue weighted by atomic mass is 10.5. The SMILES string of the molecule is ClC(Cl)=CC(Cl)C(Cl)(Cl)Cl. The molecule has 0 bridgehead atoms. The number of rotatable bonds is 1. The highest BCUT2D eigenvalue weighted by molar-refractivity contribution is 6.70. The molecule has 60 valence electrons. The van der Waals surface area contributed by atoms with Gasteiger partial charge in [-0.1, -0.05) is 58.0 Å². The number of allylic oxidation sites excluding steroid dienone is 1. The van der Waals surface area contributed by atoms with Gasteiger partial charge in [0, 0.05) is 0 Å². The fourth-order valence-corrected chi connectivity index (χ4v) is 0.901. The van der Waals surface area contributed by atoms with Crippen LogP contribution in [0.15, 0.2) is 10.6 Å². The molecule has 0 aromatic rings. The van der Waals surface area contributed by atoms with Gasteiger partial charge in [-0.3, -0.25) is 0 Å². The molecule has 0 aliphatic rings. The molecule has 0 aliphatic carbocycles. The Labute approximate surface area is 89.0 Å². The molecule has 0 fully saturated rings. The molecule has 0 rings (SSSR count). The van der Waals surface area contributed by atoms with Gasteiger partial charge in [-0.05, 0) is 6.08 Å². The summed E-state index contributed by atoms with van der Waals surface area (Å²) in [7, 11) is 0. The molecule has 0 N–H and O–H groups in total. The zero-order valence-corrected chi connectivity index (χ0v) is 8.96. The average Bonchev–Trinajstić information content (AvgIpc) is 1.60. The van der Waals surface area contributed by atoms with Gasteiger partial charge >= 0.3 is 0 Å². The highest BCUT2D eigenvalue weighted by Gasteiger charge is 2.29. The zero-order valence-electron chi connectivity index (χ0n) is 4.42. The smallest absolute Gasteiger partial charge is 0.114 e. The first-order valence-electron chi connectivity index (χ1n) is 2.07. The maximum atomic E-state index is 5.51. The molecule has 1 atom stereocenters. The Morgan fingerprint density at radius 1 is 1.20 bits per heavy atom. The van der Waals surface area contributed by atoms with Crippen molar-refractivity contribution in [2.75, 3.05) is 0 Å². The molecule has 0 heterocycles. The lowest BCUT2D eigenvalue weighted by molar-refractivity contribution is 1.08. The van der Waals surface area contributed by atoms with Gasteiger partial charge in [-0.2, -0.15) is 0 Å². The normalized spacial score (nSPS) is 14.6. The van der Waals surface area contributed by atoms with Gasteiger partial charge in [-0.25, -0.2) is 0 Å². The maximum absolute atomic E-state index is 5.51. The Morgan fingerprint density at radius 2 is 1.60 bits per heavy atom. The van der Waals surface area contributed by atoms with Crippen molar-refractivity contribution in [3.8, 4) is 0 Å². The van der Waals surface area contributed by atoms with E-state index >= 15 is 0 Å². The van der Waals surface area contributed by atoms with Crippen molar-refractivity contribution < 1.29 is 0 Å². The molecular weight excluding hydrogens is 261 g/mol. The highest BCUT2D eigenvalue weighted by atomic mass is 35.6. The first-order valence-corrected chi connectivity index (χ1v) is 4.40. The van der Waals surface area contributed by atoms with Gasteiger partial charge < -0.3 is 0 Å². The quantitative estimate of drug-likeness (QED) is 0.619. The van der Waals surface area contributed by atoms with Crippen molar-refractivity contribution in [3.63, 3.8) is 0 Å². The Morgan fingerprint density at radius 3 is 1.70 bits per heavy atom. The van der Waals surface area contributed by atoms with Gasteiger partial charge in [0.25, 0.3) is 0 Å². The van der Waals surface area contributed by atoms with Crippen LogP contribution in [0.25, 0.3) is 0 Å². The Bertz CT molecular complexity index is 129. The first-order chi connectivity index (χ1) is 4.34. The largest absolute Gasteiger partial charge is 0.210 e. The van der Waals surface area contributed by atoms with Crippen molar-refractivity contribution in [2.45, 2.75) is 9.17 Å². The summed E-state index contributed by atoms with van der Waals surface area (Å²) in [6.45, 7) is 0. The predicted molar refractivity (Wildman–Crippen MR) is 49.7 cm³/mol. The third kappa shape index (κ3) is 5.17. The van der Waals surface area contributed by atoms with Gasteiger partial charge in [0.15, 0.2) is 0 Å². The van der Waals surface area contributed by atoms with Crippen LogP contribution in [0.4, 0.5) is 0 Å². The molecule has 10 heavy (non-hydrogen) atoms. The van der Waals surface area contributed by atoms with Crippen molar-refractivity contribution >= 4 is 69.6 Å². The van der Waals surface area contributed by atoms with E-state index < -0.39 is 9.17 Å². The van der Waals surface area contributed by atoms with E-state index in [1.54, 1.807) is 0 Å². The third-order valence-corrected chi connectivity index (χ3v) is 2.33. The maximum Gasteiger partial charge on any atom is 0.210 e.